The van der Waals surface area contributed by atoms with E-state index in [9.17, 15) is 0 Å². The first-order valence-electron chi connectivity index (χ1n) is 2.11. The molecule has 0 aliphatic heterocycles. The van der Waals surface area contributed by atoms with Crippen LogP contribution in [-0.4, -0.2) is 9.36 Å². The lowest BCUT2D eigenvalue weighted by Gasteiger charge is -1.77. The molecule has 1 aromatic heterocycles. The molecule has 4 nitrogen and oxygen atoms in total. The molecule has 1 aromatic rings. The van der Waals surface area contributed by atoms with E-state index in [1.807, 2.05) is 0 Å². The minimum atomic E-state index is 0.369. The number of nitrogens with two attached hydrogens (primary N) is 2. The number of nitrogen functional groups attached to an aromatic ring is 1. The van der Waals surface area contributed by atoms with Gasteiger partial charge in [-0.05, 0) is 0 Å². The number of nitrogens with zero attached hydrogens (tertiary/aromatic N) is 2. The van der Waals surface area contributed by atoms with E-state index in [1.54, 1.807) is 0 Å². The average Bonchev–Trinajstić information content (AvgIpc) is 2.14. The molecule has 0 aliphatic carbocycles. The molecule has 0 saturated carbocycles. The molecule has 0 spiro atoms. The van der Waals surface area contributed by atoms with Crippen LogP contribution in [-0.2, 0) is 6.54 Å². The normalized spacial score (nSPS) is 9.62. The quantitative estimate of drug-likeness (QED) is 0.541. The van der Waals surface area contributed by atoms with E-state index in [0.717, 1.165) is 0 Å². The van der Waals surface area contributed by atoms with Crippen molar-refractivity contribution in [2.24, 2.45) is 5.73 Å². The standard InChI is InChI=1S/C3H6N4S/c4-1-2-6-3(5)8-7-2/h1,4H2,(H2,5,6,7). The monoisotopic (exact) mass is 130 g/mol. The van der Waals surface area contributed by atoms with Crippen LogP contribution in [0.1, 0.15) is 5.82 Å². The Hall–Kier alpha value is -0.680. The van der Waals surface area contributed by atoms with E-state index >= 15 is 0 Å². The molecule has 0 radical (unpaired) electrons. The second-order valence-electron chi connectivity index (χ2n) is 1.25. The van der Waals surface area contributed by atoms with Crippen LogP contribution in [0.15, 0.2) is 0 Å². The molecule has 0 aliphatic rings. The molecular weight excluding hydrogens is 124 g/mol. The van der Waals surface area contributed by atoms with Gasteiger partial charge in [-0.15, -0.1) is 0 Å². The lowest BCUT2D eigenvalue weighted by molar-refractivity contribution is 0.960. The highest BCUT2D eigenvalue weighted by atomic mass is 32.1. The van der Waals surface area contributed by atoms with Gasteiger partial charge in [-0.2, -0.15) is 4.37 Å². The zero-order valence-corrected chi connectivity index (χ0v) is 4.98. The van der Waals surface area contributed by atoms with Crippen LogP contribution in [0.5, 0.6) is 0 Å². The van der Waals surface area contributed by atoms with Crippen molar-refractivity contribution in [2.75, 3.05) is 5.73 Å². The van der Waals surface area contributed by atoms with Crippen molar-refractivity contribution < 1.29 is 0 Å². The molecule has 44 valence electrons. The molecule has 0 atom stereocenters. The SMILES string of the molecule is NCc1nsc(N)n1. The van der Waals surface area contributed by atoms with Crippen LogP contribution in [0.4, 0.5) is 5.13 Å². The molecule has 8 heavy (non-hydrogen) atoms. The molecule has 1 heterocycles. The molecule has 0 amide bonds. The molecule has 0 saturated heterocycles. The van der Waals surface area contributed by atoms with Crippen molar-refractivity contribution in [1.29, 1.82) is 0 Å². The van der Waals surface area contributed by atoms with E-state index in [-0.39, 0.29) is 0 Å². The third kappa shape index (κ3) is 0.932. The fourth-order valence-corrected chi connectivity index (χ4v) is 0.811. The number of rotatable bonds is 1. The fourth-order valence-electron chi connectivity index (χ4n) is 0.350. The van der Waals surface area contributed by atoms with Crippen molar-refractivity contribution in [3.05, 3.63) is 5.82 Å². The van der Waals surface area contributed by atoms with Crippen molar-refractivity contribution >= 4 is 16.7 Å². The number of aromatic nitrogens is 2. The van der Waals surface area contributed by atoms with Gasteiger partial charge in [0.25, 0.3) is 0 Å². The first-order valence-corrected chi connectivity index (χ1v) is 2.88. The Morgan fingerprint density at radius 1 is 1.62 bits per heavy atom. The zero-order valence-electron chi connectivity index (χ0n) is 4.16. The largest absolute Gasteiger partial charge is 0.374 e. The molecule has 0 fully saturated rings. The number of hydrogen-bond acceptors (Lipinski definition) is 5. The summed E-state index contributed by atoms with van der Waals surface area (Å²) in [5, 5.41) is 0.477. The summed E-state index contributed by atoms with van der Waals surface area (Å²) in [4.78, 5) is 3.79. The van der Waals surface area contributed by atoms with E-state index in [1.165, 1.54) is 11.5 Å². The molecule has 4 N–H and O–H groups in total. The van der Waals surface area contributed by atoms with Gasteiger partial charge in [-0.1, -0.05) is 0 Å². The highest BCUT2D eigenvalue weighted by Gasteiger charge is 1.94. The van der Waals surface area contributed by atoms with Gasteiger partial charge in [0, 0.05) is 11.5 Å². The molecular formula is C3H6N4S. The van der Waals surface area contributed by atoms with Crippen LogP contribution in [0.2, 0.25) is 0 Å². The second-order valence-corrected chi connectivity index (χ2v) is 2.04. The zero-order chi connectivity index (χ0) is 5.98. The lowest BCUT2D eigenvalue weighted by atomic mass is 10.6. The summed E-state index contributed by atoms with van der Waals surface area (Å²) in [6.07, 6.45) is 0. The summed E-state index contributed by atoms with van der Waals surface area (Å²) in [5.74, 6) is 0.618. The summed E-state index contributed by atoms with van der Waals surface area (Å²) in [6.45, 7) is 0.369. The van der Waals surface area contributed by atoms with Gasteiger partial charge in [0.15, 0.2) is 11.0 Å². The summed E-state index contributed by atoms with van der Waals surface area (Å²) in [6, 6.07) is 0. The maximum Gasteiger partial charge on any atom is 0.199 e. The first-order chi connectivity index (χ1) is 3.83. The Morgan fingerprint density at radius 2 is 2.38 bits per heavy atom. The average molecular weight is 130 g/mol. The minimum absolute atomic E-state index is 0.369. The summed E-state index contributed by atoms with van der Waals surface area (Å²) in [7, 11) is 0. The van der Waals surface area contributed by atoms with Crippen LogP contribution < -0.4 is 11.5 Å². The molecule has 0 aromatic carbocycles. The molecule has 1 rings (SSSR count). The predicted octanol–water partition coefficient (Wildman–Crippen LogP) is -0.421. The van der Waals surface area contributed by atoms with Crippen molar-refractivity contribution in [3.63, 3.8) is 0 Å². The minimum Gasteiger partial charge on any atom is -0.374 e. The van der Waals surface area contributed by atoms with Crippen LogP contribution in [0.3, 0.4) is 0 Å². The van der Waals surface area contributed by atoms with Gasteiger partial charge in [-0.3, -0.25) is 0 Å². The second kappa shape index (κ2) is 2.06. The Labute approximate surface area is 50.7 Å². The smallest absolute Gasteiger partial charge is 0.199 e. The Morgan fingerprint density at radius 3 is 2.62 bits per heavy atom. The van der Waals surface area contributed by atoms with Crippen molar-refractivity contribution in [2.45, 2.75) is 6.54 Å². The van der Waals surface area contributed by atoms with Crippen LogP contribution in [0.25, 0.3) is 0 Å². The third-order valence-electron chi connectivity index (χ3n) is 0.666. The Bertz CT molecular complexity index is 172. The summed E-state index contributed by atoms with van der Waals surface area (Å²) >= 11 is 1.17. The summed E-state index contributed by atoms with van der Waals surface area (Å²) < 4.78 is 3.81. The van der Waals surface area contributed by atoms with Gasteiger partial charge in [0.1, 0.15) is 0 Å². The van der Waals surface area contributed by atoms with Gasteiger partial charge < -0.3 is 11.5 Å². The lowest BCUT2D eigenvalue weighted by Crippen LogP contribution is -1.98. The highest BCUT2D eigenvalue weighted by molar-refractivity contribution is 7.09. The van der Waals surface area contributed by atoms with E-state index in [4.69, 9.17) is 11.5 Å². The number of hydrogen-bond donors (Lipinski definition) is 2. The van der Waals surface area contributed by atoms with Crippen molar-refractivity contribution in [3.8, 4) is 0 Å². The molecule has 0 unspecified atom stereocenters. The Kier molecular flexibility index (Phi) is 1.40. The van der Waals surface area contributed by atoms with Gasteiger partial charge in [-0.25, -0.2) is 4.98 Å². The van der Waals surface area contributed by atoms with E-state index < -0.39 is 0 Å². The van der Waals surface area contributed by atoms with Crippen LogP contribution in [0, 0.1) is 0 Å². The van der Waals surface area contributed by atoms with Gasteiger partial charge in [0.2, 0.25) is 0 Å². The third-order valence-corrected chi connectivity index (χ3v) is 1.25. The summed E-state index contributed by atoms with van der Waals surface area (Å²) in [5.41, 5.74) is 10.4. The predicted molar refractivity (Wildman–Crippen MR) is 32.2 cm³/mol. The van der Waals surface area contributed by atoms with E-state index in [0.29, 0.717) is 17.5 Å². The maximum atomic E-state index is 5.24. The molecule has 0 bridgehead atoms. The topological polar surface area (TPSA) is 77.8 Å². The van der Waals surface area contributed by atoms with Crippen molar-refractivity contribution in [1.82, 2.24) is 9.36 Å². The Balaban J connectivity index is 2.84. The van der Waals surface area contributed by atoms with E-state index in [2.05, 4.69) is 9.36 Å². The van der Waals surface area contributed by atoms with Gasteiger partial charge >= 0.3 is 0 Å². The maximum absolute atomic E-state index is 5.24. The first kappa shape index (κ1) is 5.46. The highest BCUT2D eigenvalue weighted by Crippen LogP contribution is 2.03. The number of anilines is 1. The van der Waals surface area contributed by atoms with Gasteiger partial charge in [0.05, 0.1) is 6.54 Å². The fraction of sp³-hybridized carbons (Fsp3) is 0.333. The van der Waals surface area contributed by atoms with Crippen LogP contribution >= 0.6 is 11.5 Å². The molecule has 5 heteroatoms.